The van der Waals surface area contributed by atoms with Crippen LogP contribution in [0.4, 0.5) is 0 Å². The fourth-order valence-electron chi connectivity index (χ4n) is 2.80. The molecule has 34 heavy (non-hydrogen) atoms. The van der Waals surface area contributed by atoms with E-state index in [0.29, 0.717) is 18.3 Å². The lowest BCUT2D eigenvalue weighted by atomic mass is 10.2. The van der Waals surface area contributed by atoms with Gasteiger partial charge < -0.3 is 24.5 Å². The Kier molecular flexibility index (Phi) is 16.5. The Morgan fingerprint density at radius 1 is 1.29 bits per heavy atom. The fraction of sp³-hybridized carbons (Fsp3) is 0.407. The van der Waals surface area contributed by atoms with Crippen molar-refractivity contribution in [2.75, 3.05) is 27.3 Å². The molecule has 186 valence electrons. The average molecular weight is 486 g/mol. The number of nitrogens with zero attached hydrogens (tertiary/aromatic N) is 2. The predicted octanol–water partition coefficient (Wildman–Crippen LogP) is 5.60. The summed E-state index contributed by atoms with van der Waals surface area (Å²) in [6, 6.07) is 7.81. The zero-order chi connectivity index (χ0) is 25.9. The number of hydrogen-bond acceptors (Lipinski definition) is 7. The standard InChI is InChI=1S/C11H18N2O2.C10H9NOS.C4H10.C2H2/c1-9(7-12-10(2)15-3)13-6-4-5-11(13)8-14;1-12-10-4-2-3-9(11-10)8-5-6-13-7-8;1-4(2)3;1-2/h8,11-12H,1-2,4-7H2,3H3;2-7H,1H3;4H,1-3H3;1-2H/t11-;;;/m0.../s1. The molecule has 0 saturated carbocycles. The summed E-state index contributed by atoms with van der Waals surface area (Å²) >= 11 is 1.67. The molecule has 7 heteroatoms. The minimum absolute atomic E-state index is 0.00453. The molecule has 1 saturated heterocycles. The zero-order valence-corrected chi connectivity index (χ0v) is 21.9. The van der Waals surface area contributed by atoms with Gasteiger partial charge in [-0.2, -0.15) is 11.3 Å². The highest BCUT2D eigenvalue weighted by atomic mass is 32.1. The smallest absolute Gasteiger partial charge is 0.213 e. The van der Waals surface area contributed by atoms with E-state index in [1.54, 1.807) is 25.6 Å². The average Bonchev–Trinajstić information content (AvgIpc) is 3.56. The molecule has 2 aromatic rings. The highest BCUT2D eigenvalue weighted by Crippen LogP contribution is 2.22. The van der Waals surface area contributed by atoms with Crippen molar-refractivity contribution >= 4 is 17.6 Å². The minimum Gasteiger partial charge on any atom is -0.483 e. The number of methoxy groups -OCH3 is 2. The van der Waals surface area contributed by atoms with Gasteiger partial charge in [0.15, 0.2) is 5.88 Å². The van der Waals surface area contributed by atoms with Gasteiger partial charge in [0.25, 0.3) is 0 Å². The lowest BCUT2D eigenvalue weighted by Crippen LogP contribution is -2.34. The number of likely N-dealkylation sites (tertiary alicyclic amines) is 1. The topological polar surface area (TPSA) is 63.7 Å². The highest BCUT2D eigenvalue weighted by molar-refractivity contribution is 7.08. The normalized spacial score (nSPS) is 13.6. The molecule has 1 fully saturated rings. The van der Waals surface area contributed by atoms with Crippen LogP contribution in [0.1, 0.15) is 33.6 Å². The Hall–Kier alpha value is -3.24. The lowest BCUT2D eigenvalue weighted by Gasteiger charge is -2.25. The first kappa shape index (κ1) is 30.8. The third-order valence-electron chi connectivity index (χ3n) is 4.35. The number of rotatable bonds is 8. The number of carbonyl (C=O) groups is 1. The van der Waals surface area contributed by atoms with Crippen LogP contribution < -0.4 is 10.1 Å². The molecular formula is C27H39N3O3S. The van der Waals surface area contributed by atoms with Crippen molar-refractivity contribution in [1.82, 2.24) is 15.2 Å². The molecule has 1 atom stereocenters. The van der Waals surface area contributed by atoms with Gasteiger partial charge in [-0.3, -0.25) is 0 Å². The third kappa shape index (κ3) is 12.1. The van der Waals surface area contributed by atoms with Gasteiger partial charge in [-0.25, -0.2) is 4.98 Å². The van der Waals surface area contributed by atoms with Crippen molar-refractivity contribution < 1.29 is 14.3 Å². The molecule has 0 spiro atoms. The number of nitrogens with one attached hydrogen (secondary N) is 1. The van der Waals surface area contributed by atoms with Crippen LogP contribution in [-0.2, 0) is 9.53 Å². The van der Waals surface area contributed by atoms with E-state index in [9.17, 15) is 4.79 Å². The molecule has 0 aliphatic carbocycles. The monoisotopic (exact) mass is 485 g/mol. The summed E-state index contributed by atoms with van der Waals surface area (Å²) in [6.07, 6.45) is 11.0. The van der Waals surface area contributed by atoms with E-state index in [1.165, 1.54) is 0 Å². The second-order valence-corrected chi connectivity index (χ2v) is 8.68. The van der Waals surface area contributed by atoms with Crippen molar-refractivity contribution in [2.45, 2.75) is 39.7 Å². The number of hydrogen-bond donors (Lipinski definition) is 1. The number of aromatic nitrogens is 1. The first-order valence-electron chi connectivity index (χ1n) is 11.1. The van der Waals surface area contributed by atoms with Crippen molar-refractivity contribution in [3.63, 3.8) is 0 Å². The Balaban J connectivity index is 0.000000524. The maximum Gasteiger partial charge on any atom is 0.213 e. The molecule has 0 unspecified atom stereocenters. The number of carbonyl (C=O) groups excluding carboxylic acids is 1. The van der Waals surface area contributed by atoms with Crippen molar-refractivity contribution in [3.05, 3.63) is 59.8 Å². The van der Waals surface area contributed by atoms with Gasteiger partial charge in [0.2, 0.25) is 5.88 Å². The molecule has 2 aromatic heterocycles. The van der Waals surface area contributed by atoms with E-state index in [1.807, 2.05) is 34.5 Å². The minimum atomic E-state index is -0.00453. The van der Waals surface area contributed by atoms with Crippen LogP contribution in [0.25, 0.3) is 11.3 Å². The largest absolute Gasteiger partial charge is 0.483 e. The molecule has 1 N–H and O–H groups in total. The van der Waals surface area contributed by atoms with E-state index >= 15 is 0 Å². The molecule has 0 bridgehead atoms. The maximum absolute atomic E-state index is 10.8. The van der Waals surface area contributed by atoms with E-state index in [0.717, 1.165) is 48.5 Å². The summed E-state index contributed by atoms with van der Waals surface area (Å²) < 4.78 is 9.93. The molecule has 0 aromatic carbocycles. The molecule has 0 amide bonds. The number of ether oxygens (including phenoxy) is 2. The Labute approximate surface area is 209 Å². The summed E-state index contributed by atoms with van der Waals surface area (Å²) in [5.74, 6) is 2.00. The lowest BCUT2D eigenvalue weighted by molar-refractivity contribution is -0.111. The van der Waals surface area contributed by atoms with Gasteiger partial charge in [-0.1, -0.05) is 33.4 Å². The van der Waals surface area contributed by atoms with Crippen LogP contribution in [-0.4, -0.2) is 49.5 Å². The van der Waals surface area contributed by atoms with Gasteiger partial charge >= 0.3 is 0 Å². The predicted molar refractivity (Wildman–Crippen MR) is 144 cm³/mol. The SMILES string of the molecule is C#C.C=C(NCC(=C)N1CCC[C@H]1C=O)OC.CC(C)C.COc1cccc(-c2ccsc2)n1. The summed E-state index contributed by atoms with van der Waals surface area (Å²) in [4.78, 5) is 17.1. The second kappa shape index (κ2) is 18.2. The van der Waals surface area contributed by atoms with Crippen LogP contribution in [0.15, 0.2) is 59.8 Å². The van der Waals surface area contributed by atoms with Gasteiger partial charge in [0.05, 0.1) is 32.5 Å². The van der Waals surface area contributed by atoms with E-state index in [2.05, 4.69) is 62.5 Å². The summed E-state index contributed by atoms with van der Waals surface area (Å²) in [6.45, 7) is 15.6. The second-order valence-electron chi connectivity index (χ2n) is 7.90. The van der Waals surface area contributed by atoms with Crippen molar-refractivity contribution in [3.8, 4) is 30.0 Å². The van der Waals surface area contributed by atoms with Crippen LogP contribution in [0.2, 0.25) is 0 Å². The number of aldehydes is 1. The molecule has 3 heterocycles. The molecule has 1 aliphatic heterocycles. The summed E-state index contributed by atoms with van der Waals surface area (Å²) in [5.41, 5.74) is 3.01. The Morgan fingerprint density at radius 3 is 2.50 bits per heavy atom. The number of terminal acetylenes is 1. The Morgan fingerprint density at radius 2 is 1.97 bits per heavy atom. The zero-order valence-electron chi connectivity index (χ0n) is 21.1. The number of thiophene rings is 1. The van der Waals surface area contributed by atoms with Crippen molar-refractivity contribution in [1.29, 1.82) is 0 Å². The van der Waals surface area contributed by atoms with Crippen LogP contribution >= 0.6 is 11.3 Å². The first-order chi connectivity index (χ1) is 16.3. The third-order valence-corrected chi connectivity index (χ3v) is 5.03. The highest BCUT2D eigenvalue weighted by Gasteiger charge is 2.24. The van der Waals surface area contributed by atoms with E-state index < -0.39 is 0 Å². The van der Waals surface area contributed by atoms with Gasteiger partial charge in [0.1, 0.15) is 6.29 Å². The van der Waals surface area contributed by atoms with E-state index in [-0.39, 0.29) is 6.04 Å². The summed E-state index contributed by atoms with van der Waals surface area (Å²) in [7, 11) is 3.18. The molecular weight excluding hydrogens is 446 g/mol. The first-order valence-corrected chi connectivity index (χ1v) is 12.0. The van der Waals surface area contributed by atoms with Gasteiger partial charge in [-0.15, -0.1) is 12.8 Å². The molecule has 6 nitrogen and oxygen atoms in total. The summed E-state index contributed by atoms with van der Waals surface area (Å²) in [5, 5.41) is 7.09. The van der Waals surface area contributed by atoms with Gasteiger partial charge in [0, 0.05) is 29.3 Å². The van der Waals surface area contributed by atoms with Crippen LogP contribution in [0, 0.1) is 18.8 Å². The fourth-order valence-corrected chi connectivity index (χ4v) is 3.45. The van der Waals surface area contributed by atoms with Crippen LogP contribution in [0.5, 0.6) is 5.88 Å². The molecule has 0 radical (unpaired) electrons. The van der Waals surface area contributed by atoms with E-state index in [4.69, 9.17) is 9.47 Å². The molecule has 3 rings (SSSR count). The maximum atomic E-state index is 10.8. The van der Waals surface area contributed by atoms with Crippen molar-refractivity contribution in [2.24, 2.45) is 5.92 Å². The Bertz CT molecular complexity index is 860. The quantitative estimate of drug-likeness (QED) is 0.298. The van der Waals surface area contributed by atoms with Gasteiger partial charge in [-0.05, 0) is 42.9 Å². The van der Waals surface area contributed by atoms with Crippen LogP contribution in [0.3, 0.4) is 0 Å². The molecule has 1 aliphatic rings. The number of pyridine rings is 1.